The molecular formula is C11H5ClFNO5. The molecule has 0 spiro atoms. The molecule has 6 nitrogen and oxygen atoms in total. The summed E-state index contributed by atoms with van der Waals surface area (Å²) < 4.78 is 29.1. The molecular weight excluding hydrogens is 281 g/mol. The summed E-state index contributed by atoms with van der Waals surface area (Å²) in [6.45, 7) is -0.0813. The van der Waals surface area contributed by atoms with Gasteiger partial charge in [-0.1, -0.05) is 16.8 Å². The van der Waals surface area contributed by atoms with Crippen LogP contribution < -0.4 is 9.47 Å². The van der Waals surface area contributed by atoms with Crippen LogP contribution in [0.2, 0.25) is 5.02 Å². The number of nitrogens with zero attached hydrogens (tertiary/aromatic N) is 1. The maximum atomic E-state index is 14.1. The van der Waals surface area contributed by atoms with Gasteiger partial charge in [0.25, 0.3) is 0 Å². The summed E-state index contributed by atoms with van der Waals surface area (Å²) in [7, 11) is 0. The summed E-state index contributed by atoms with van der Waals surface area (Å²) in [6.07, 6.45) is 0. The maximum Gasteiger partial charge on any atom is 0.358 e. The molecule has 0 saturated carbocycles. The molecule has 1 aromatic carbocycles. The number of carboxylic acids is 1. The van der Waals surface area contributed by atoms with Crippen molar-refractivity contribution in [2.45, 2.75) is 0 Å². The van der Waals surface area contributed by atoms with E-state index in [-0.39, 0.29) is 40.3 Å². The molecule has 1 aliphatic heterocycles. The molecule has 1 aromatic heterocycles. The molecule has 0 fully saturated rings. The van der Waals surface area contributed by atoms with Crippen LogP contribution in [0, 0.1) is 5.82 Å². The predicted molar refractivity (Wildman–Crippen MR) is 60.0 cm³/mol. The number of fused-ring (bicyclic) bond motifs is 1. The van der Waals surface area contributed by atoms with Gasteiger partial charge >= 0.3 is 5.97 Å². The van der Waals surface area contributed by atoms with Gasteiger partial charge < -0.3 is 19.1 Å². The minimum Gasteiger partial charge on any atom is -0.476 e. The highest BCUT2D eigenvalue weighted by molar-refractivity contribution is 6.31. The molecule has 3 rings (SSSR count). The quantitative estimate of drug-likeness (QED) is 0.913. The van der Waals surface area contributed by atoms with Gasteiger partial charge in [-0.15, -0.1) is 0 Å². The number of carbonyl (C=O) groups is 1. The van der Waals surface area contributed by atoms with Crippen LogP contribution in [0.4, 0.5) is 4.39 Å². The van der Waals surface area contributed by atoms with Gasteiger partial charge in [0.2, 0.25) is 6.79 Å². The Kier molecular flexibility index (Phi) is 2.56. The number of hydrogen-bond acceptors (Lipinski definition) is 5. The zero-order chi connectivity index (χ0) is 13.6. The van der Waals surface area contributed by atoms with Gasteiger partial charge in [-0.05, 0) is 0 Å². The smallest absolute Gasteiger partial charge is 0.358 e. The van der Waals surface area contributed by atoms with E-state index < -0.39 is 11.8 Å². The average molecular weight is 286 g/mol. The third-order valence-corrected chi connectivity index (χ3v) is 2.81. The zero-order valence-corrected chi connectivity index (χ0v) is 9.90. The van der Waals surface area contributed by atoms with Crippen LogP contribution in [0.5, 0.6) is 11.5 Å². The van der Waals surface area contributed by atoms with Gasteiger partial charge in [-0.3, -0.25) is 0 Å². The molecule has 8 heteroatoms. The van der Waals surface area contributed by atoms with Crippen LogP contribution in [0.1, 0.15) is 10.5 Å². The molecule has 1 N–H and O–H groups in total. The van der Waals surface area contributed by atoms with Crippen LogP contribution in [0.3, 0.4) is 0 Å². The highest BCUT2D eigenvalue weighted by Gasteiger charge is 2.28. The van der Waals surface area contributed by atoms with Crippen molar-refractivity contribution in [1.29, 1.82) is 0 Å². The third kappa shape index (κ3) is 1.78. The van der Waals surface area contributed by atoms with E-state index in [1.165, 1.54) is 6.07 Å². The molecule has 2 aromatic rings. The number of hydrogen-bond donors (Lipinski definition) is 1. The van der Waals surface area contributed by atoms with Gasteiger partial charge in [0.1, 0.15) is 5.56 Å². The first-order valence-electron chi connectivity index (χ1n) is 5.06. The Bertz CT molecular complexity index is 684. The van der Waals surface area contributed by atoms with E-state index in [9.17, 15) is 9.18 Å². The fraction of sp³-hybridized carbons (Fsp3) is 0.0909. The van der Waals surface area contributed by atoms with Gasteiger partial charge in [0, 0.05) is 12.1 Å². The average Bonchev–Trinajstić information content (AvgIpc) is 2.99. The monoisotopic (exact) mass is 285 g/mol. The van der Waals surface area contributed by atoms with Crippen LogP contribution in [-0.2, 0) is 0 Å². The van der Waals surface area contributed by atoms with Gasteiger partial charge in [-0.2, -0.15) is 0 Å². The van der Waals surface area contributed by atoms with E-state index in [0.29, 0.717) is 0 Å². The molecule has 0 aliphatic carbocycles. The molecule has 19 heavy (non-hydrogen) atoms. The number of carboxylic acid groups (broad SMARTS) is 1. The Morgan fingerprint density at radius 2 is 2.21 bits per heavy atom. The van der Waals surface area contributed by atoms with Gasteiger partial charge in [-0.25, -0.2) is 9.18 Å². The molecule has 1 aliphatic rings. The van der Waals surface area contributed by atoms with E-state index in [1.54, 1.807) is 0 Å². The van der Waals surface area contributed by atoms with Crippen LogP contribution in [0.25, 0.3) is 11.3 Å². The topological polar surface area (TPSA) is 81.8 Å². The molecule has 0 saturated heterocycles. The van der Waals surface area contributed by atoms with Crippen molar-refractivity contribution in [3.63, 3.8) is 0 Å². The van der Waals surface area contributed by atoms with Crippen LogP contribution >= 0.6 is 11.6 Å². The van der Waals surface area contributed by atoms with Crippen molar-refractivity contribution in [3.05, 3.63) is 28.7 Å². The second-order valence-corrected chi connectivity index (χ2v) is 4.07. The summed E-state index contributed by atoms with van der Waals surface area (Å²) >= 11 is 5.73. The summed E-state index contributed by atoms with van der Waals surface area (Å²) in [4.78, 5) is 10.7. The van der Waals surface area contributed by atoms with E-state index in [2.05, 4.69) is 5.16 Å². The van der Waals surface area contributed by atoms with Crippen LogP contribution in [-0.4, -0.2) is 23.0 Å². The van der Waals surface area contributed by atoms with Crippen molar-refractivity contribution in [2.24, 2.45) is 0 Å². The van der Waals surface area contributed by atoms with E-state index in [1.807, 2.05) is 0 Å². The first-order chi connectivity index (χ1) is 9.08. The standard InChI is InChI=1S/C11H5ClFNO5/c12-4-1-7-10(18-3-17-7)8(9(4)13)6-2-5(11(15)16)14-19-6/h1-2H,3H2,(H,15,16). The van der Waals surface area contributed by atoms with Crippen molar-refractivity contribution in [2.75, 3.05) is 6.79 Å². The molecule has 0 atom stereocenters. The zero-order valence-electron chi connectivity index (χ0n) is 9.15. The lowest BCUT2D eigenvalue weighted by Gasteiger charge is -2.05. The Morgan fingerprint density at radius 3 is 2.89 bits per heavy atom. The molecule has 0 bridgehead atoms. The highest BCUT2D eigenvalue weighted by Crippen LogP contribution is 2.45. The third-order valence-electron chi connectivity index (χ3n) is 2.53. The Morgan fingerprint density at radius 1 is 1.42 bits per heavy atom. The molecule has 98 valence electrons. The molecule has 0 amide bonds. The Labute approximate surface area is 110 Å². The predicted octanol–water partition coefficient (Wildman–Crippen LogP) is 2.56. The first kappa shape index (κ1) is 11.8. The van der Waals surface area contributed by atoms with Gasteiger partial charge in [0.15, 0.2) is 28.8 Å². The Balaban J connectivity index is 2.21. The fourth-order valence-electron chi connectivity index (χ4n) is 1.70. The summed E-state index contributed by atoms with van der Waals surface area (Å²) in [5.74, 6) is -1.81. The minimum atomic E-state index is -1.29. The van der Waals surface area contributed by atoms with E-state index in [0.717, 1.165) is 6.07 Å². The number of halogens is 2. The lowest BCUT2D eigenvalue weighted by Crippen LogP contribution is -1.95. The normalized spacial score (nSPS) is 12.7. The number of rotatable bonds is 2. The molecule has 2 heterocycles. The number of aromatic carboxylic acids is 1. The summed E-state index contributed by atoms with van der Waals surface area (Å²) in [5, 5.41) is 11.9. The Hall–Kier alpha value is -2.28. The van der Waals surface area contributed by atoms with Crippen molar-refractivity contribution >= 4 is 17.6 Å². The fourth-order valence-corrected chi connectivity index (χ4v) is 1.90. The second kappa shape index (κ2) is 4.13. The van der Waals surface area contributed by atoms with Gasteiger partial charge in [0.05, 0.1) is 5.02 Å². The van der Waals surface area contributed by atoms with E-state index >= 15 is 0 Å². The van der Waals surface area contributed by atoms with Crippen LogP contribution in [0.15, 0.2) is 16.7 Å². The van der Waals surface area contributed by atoms with E-state index in [4.69, 9.17) is 30.7 Å². The number of aromatic nitrogens is 1. The van der Waals surface area contributed by atoms with Crippen molar-refractivity contribution < 1.29 is 28.3 Å². The summed E-state index contributed by atoms with van der Waals surface area (Å²) in [5.41, 5.74) is -0.456. The number of benzene rings is 1. The van der Waals surface area contributed by atoms with Crippen molar-refractivity contribution in [3.8, 4) is 22.8 Å². The maximum absolute atomic E-state index is 14.1. The van der Waals surface area contributed by atoms with Crippen molar-refractivity contribution in [1.82, 2.24) is 5.16 Å². The molecule has 0 unspecified atom stereocenters. The largest absolute Gasteiger partial charge is 0.476 e. The lowest BCUT2D eigenvalue weighted by molar-refractivity contribution is 0.0686. The SMILES string of the molecule is O=C(O)c1cc(-c2c(F)c(Cl)cc3c2OCO3)on1. The highest BCUT2D eigenvalue weighted by atomic mass is 35.5. The second-order valence-electron chi connectivity index (χ2n) is 3.66. The lowest BCUT2D eigenvalue weighted by atomic mass is 10.1. The molecule has 0 radical (unpaired) electrons. The number of ether oxygens (including phenoxy) is 2. The summed E-state index contributed by atoms with van der Waals surface area (Å²) in [6, 6.07) is 2.36. The minimum absolute atomic E-state index is 0.0813. The first-order valence-corrected chi connectivity index (χ1v) is 5.43.